The molecular weight excluding hydrogens is 180 g/mol. The lowest BCUT2D eigenvalue weighted by Crippen LogP contribution is -2.21. The van der Waals surface area contributed by atoms with Crippen LogP contribution in [0.25, 0.3) is 0 Å². The van der Waals surface area contributed by atoms with Crippen molar-refractivity contribution in [2.24, 2.45) is 5.92 Å². The van der Waals surface area contributed by atoms with Crippen molar-refractivity contribution in [3.05, 3.63) is 12.2 Å². The molecule has 0 atom stereocenters. The lowest BCUT2D eigenvalue weighted by Gasteiger charge is -2.26. The minimum Gasteiger partial charge on any atom is -0.374 e. The SMILES string of the molecule is C=C(CS)COC1CCC(C)CC1. The van der Waals surface area contributed by atoms with Gasteiger partial charge in [0.2, 0.25) is 0 Å². The Labute approximate surface area is 87.0 Å². The van der Waals surface area contributed by atoms with Crippen LogP contribution in [0.15, 0.2) is 12.2 Å². The molecule has 1 aliphatic rings. The molecule has 1 fully saturated rings. The highest BCUT2D eigenvalue weighted by molar-refractivity contribution is 7.80. The van der Waals surface area contributed by atoms with Crippen LogP contribution in [0.2, 0.25) is 0 Å². The maximum Gasteiger partial charge on any atom is 0.0685 e. The van der Waals surface area contributed by atoms with Gasteiger partial charge in [0.15, 0.2) is 0 Å². The minimum absolute atomic E-state index is 0.479. The third-order valence-corrected chi connectivity index (χ3v) is 3.16. The van der Waals surface area contributed by atoms with Crippen molar-refractivity contribution in [2.45, 2.75) is 38.7 Å². The highest BCUT2D eigenvalue weighted by Gasteiger charge is 2.18. The van der Waals surface area contributed by atoms with Gasteiger partial charge in [-0.05, 0) is 37.2 Å². The Bertz CT molecular complexity index is 159. The Kier molecular flexibility index (Phi) is 4.89. The molecule has 0 radical (unpaired) electrons. The van der Waals surface area contributed by atoms with Crippen molar-refractivity contribution in [2.75, 3.05) is 12.4 Å². The molecule has 0 unspecified atom stereocenters. The van der Waals surface area contributed by atoms with Crippen LogP contribution in [0.1, 0.15) is 32.6 Å². The molecule has 0 spiro atoms. The first kappa shape index (κ1) is 11.1. The van der Waals surface area contributed by atoms with E-state index in [2.05, 4.69) is 26.1 Å². The summed E-state index contributed by atoms with van der Waals surface area (Å²) in [6.45, 7) is 6.89. The number of rotatable bonds is 4. The summed E-state index contributed by atoms with van der Waals surface area (Å²) < 4.78 is 5.74. The van der Waals surface area contributed by atoms with E-state index in [1.807, 2.05) is 0 Å². The molecule has 1 rings (SSSR count). The monoisotopic (exact) mass is 200 g/mol. The fourth-order valence-corrected chi connectivity index (χ4v) is 1.77. The predicted molar refractivity (Wildman–Crippen MR) is 60.4 cm³/mol. The first-order valence-electron chi connectivity index (χ1n) is 5.11. The van der Waals surface area contributed by atoms with E-state index in [-0.39, 0.29) is 0 Å². The van der Waals surface area contributed by atoms with Gasteiger partial charge in [0.05, 0.1) is 12.7 Å². The second kappa shape index (κ2) is 5.71. The molecule has 0 heterocycles. The average molecular weight is 200 g/mol. The topological polar surface area (TPSA) is 9.23 Å². The van der Waals surface area contributed by atoms with Gasteiger partial charge >= 0.3 is 0 Å². The number of ether oxygens (including phenoxy) is 1. The zero-order valence-electron chi connectivity index (χ0n) is 8.46. The van der Waals surface area contributed by atoms with Crippen LogP contribution >= 0.6 is 12.6 Å². The first-order valence-corrected chi connectivity index (χ1v) is 5.74. The Balaban J connectivity index is 2.12. The molecule has 0 amide bonds. The van der Waals surface area contributed by atoms with Crippen LogP contribution in [-0.4, -0.2) is 18.5 Å². The average Bonchev–Trinajstić information content (AvgIpc) is 2.16. The third kappa shape index (κ3) is 4.19. The van der Waals surface area contributed by atoms with Gasteiger partial charge in [-0.1, -0.05) is 13.5 Å². The fourth-order valence-electron chi connectivity index (χ4n) is 1.68. The van der Waals surface area contributed by atoms with Crippen molar-refractivity contribution in [1.82, 2.24) is 0 Å². The van der Waals surface area contributed by atoms with Crippen molar-refractivity contribution in [3.8, 4) is 0 Å². The van der Waals surface area contributed by atoms with E-state index in [0.717, 1.165) is 17.2 Å². The summed E-state index contributed by atoms with van der Waals surface area (Å²) in [6.07, 6.45) is 5.56. The van der Waals surface area contributed by atoms with Crippen molar-refractivity contribution >= 4 is 12.6 Å². The highest BCUT2D eigenvalue weighted by Crippen LogP contribution is 2.25. The molecule has 0 aromatic heterocycles. The van der Waals surface area contributed by atoms with E-state index in [4.69, 9.17) is 4.74 Å². The van der Waals surface area contributed by atoms with Gasteiger partial charge in [0.1, 0.15) is 0 Å². The molecule has 0 N–H and O–H groups in total. The standard InChI is InChI=1S/C11H20OS/c1-9-3-5-11(6-4-9)12-7-10(2)8-13/h9,11,13H,2-8H2,1H3. The zero-order valence-corrected chi connectivity index (χ0v) is 9.35. The molecule has 0 bridgehead atoms. The van der Waals surface area contributed by atoms with Crippen molar-refractivity contribution in [1.29, 1.82) is 0 Å². The highest BCUT2D eigenvalue weighted by atomic mass is 32.1. The van der Waals surface area contributed by atoms with Crippen LogP contribution in [0.5, 0.6) is 0 Å². The second-order valence-corrected chi connectivity index (χ2v) is 4.42. The smallest absolute Gasteiger partial charge is 0.0685 e. The van der Waals surface area contributed by atoms with Gasteiger partial charge in [-0.2, -0.15) is 12.6 Å². The van der Waals surface area contributed by atoms with Crippen LogP contribution in [0.4, 0.5) is 0 Å². The van der Waals surface area contributed by atoms with Gasteiger partial charge in [0.25, 0.3) is 0 Å². The molecular formula is C11H20OS. The Morgan fingerprint density at radius 1 is 1.38 bits per heavy atom. The molecule has 13 heavy (non-hydrogen) atoms. The van der Waals surface area contributed by atoms with E-state index < -0.39 is 0 Å². The van der Waals surface area contributed by atoms with Gasteiger partial charge in [-0.15, -0.1) is 0 Å². The number of hydrogen-bond donors (Lipinski definition) is 1. The Morgan fingerprint density at radius 3 is 2.54 bits per heavy atom. The predicted octanol–water partition coefficient (Wildman–Crippen LogP) is 3.07. The summed E-state index contributed by atoms with van der Waals surface area (Å²) in [5, 5.41) is 0. The molecule has 1 nitrogen and oxygen atoms in total. The second-order valence-electron chi connectivity index (χ2n) is 4.10. The number of thiol groups is 1. The summed E-state index contributed by atoms with van der Waals surface area (Å²) in [5.41, 5.74) is 1.09. The van der Waals surface area contributed by atoms with Gasteiger partial charge in [-0.25, -0.2) is 0 Å². The minimum atomic E-state index is 0.479. The Morgan fingerprint density at radius 2 is 2.00 bits per heavy atom. The summed E-state index contributed by atoms with van der Waals surface area (Å²) >= 11 is 4.15. The van der Waals surface area contributed by atoms with E-state index in [1.165, 1.54) is 25.7 Å². The molecule has 0 aromatic carbocycles. The first-order chi connectivity index (χ1) is 6.22. The Hall–Kier alpha value is 0.0500. The van der Waals surface area contributed by atoms with E-state index in [1.54, 1.807) is 0 Å². The number of hydrogen-bond acceptors (Lipinski definition) is 2. The molecule has 0 aliphatic heterocycles. The van der Waals surface area contributed by atoms with Crippen LogP contribution < -0.4 is 0 Å². The van der Waals surface area contributed by atoms with Gasteiger partial charge < -0.3 is 4.74 Å². The van der Waals surface area contributed by atoms with E-state index >= 15 is 0 Å². The summed E-state index contributed by atoms with van der Waals surface area (Å²) in [4.78, 5) is 0. The largest absolute Gasteiger partial charge is 0.374 e. The summed E-state index contributed by atoms with van der Waals surface area (Å²) in [5.74, 6) is 1.64. The zero-order chi connectivity index (χ0) is 9.68. The molecule has 2 heteroatoms. The maximum atomic E-state index is 5.74. The van der Waals surface area contributed by atoms with E-state index in [9.17, 15) is 0 Å². The lowest BCUT2D eigenvalue weighted by atomic mass is 9.89. The lowest BCUT2D eigenvalue weighted by molar-refractivity contribution is 0.0334. The third-order valence-electron chi connectivity index (χ3n) is 2.71. The summed E-state index contributed by atoms with van der Waals surface area (Å²) in [6, 6.07) is 0. The van der Waals surface area contributed by atoms with Crippen molar-refractivity contribution < 1.29 is 4.74 Å². The summed E-state index contributed by atoms with van der Waals surface area (Å²) in [7, 11) is 0. The van der Waals surface area contributed by atoms with Crippen LogP contribution in [0, 0.1) is 5.92 Å². The van der Waals surface area contributed by atoms with E-state index in [0.29, 0.717) is 12.7 Å². The molecule has 1 aliphatic carbocycles. The molecule has 1 saturated carbocycles. The molecule has 76 valence electrons. The fraction of sp³-hybridized carbons (Fsp3) is 0.818. The van der Waals surface area contributed by atoms with Crippen LogP contribution in [0.3, 0.4) is 0 Å². The normalized spacial score (nSPS) is 28.8. The quantitative estimate of drug-likeness (QED) is 0.542. The van der Waals surface area contributed by atoms with Crippen LogP contribution in [-0.2, 0) is 4.74 Å². The maximum absolute atomic E-state index is 5.74. The van der Waals surface area contributed by atoms with Gasteiger partial charge in [-0.3, -0.25) is 0 Å². The van der Waals surface area contributed by atoms with Gasteiger partial charge in [0, 0.05) is 5.75 Å². The molecule has 0 saturated heterocycles. The molecule has 0 aromatic rings. The van der Waals surface area contributed by atoms with Crippen molar-refractivity contribution in [3.63, 3.8) is 0 Å².